The van der Waals surface area contributed by atoms with Crippen molar-refractivity contribution in [2.24, 2.45) is 0 Å². The van der Waals surface area contributed by atoms with Gasteiger partial charge in [0.25, 0.3) is 0 Å². The third kappa shape index (κ3) is 3.32. The molecule has 0 aliphatic rings. The Hall–Kier alpha value is -0.877. The second kappa shape index (κ2) is 5.27. The maximum atomic E-state index is 5.69. The van der Waals surface area contributed by atoms with Crippen LogP contribution >= 0.6 is 0 Å². The molecule has 1 nitrogen and oxygen atoms in total. The summed E-state index contributed by atoms with van der Waals surface area (Å²) in [7, 11) is 0. The van der Waals surface area contributed by atoms with Gasteiger partial charge in [-0.3, -0.25) is 0 Å². The molecule has 0 aliphatic carbocycles. The summed E-state index contributed by atoms with van der Waals surface area (Å²) in [5.41, 5.74) is 1.20. The summed E-state index contributed by atoms with van der Waals surface area (Å²) in [6.45, 7) is 0.642. The summed E-state index contributed by atoms with van der Waals surface area (Å²) < 4.78 is 7.02. The molecule has 2 rings (SSSR count). The van der Waals surface area contributed by atoms with Crippen molar-refractivity contribution in [2.45, 2.75) is 6.61 Å². The summed E-state index contributed by atoms with van der Waals surface area (Å²) in [5.74, 6) is 0.957. The van der Waals surface area contributed by atoms with Crippen molar-refractivity contribution in [3.05, 3.63) is 60.2 Å². The molecule has 0 amide bonds. The number of ether oxygens (including phenoxy) is 1. The van der Waals surface area contributed by atoms with Crippen LogP contribution < -0.4 is 8.01 Å². The van der Waals surface area contributed by atoms with Gasteiger partial charge in [0.15, 0.2) is 0 Å². The fourth-order valence-electron chi connectivity index (χ4n) is 1.31. The van der Waals surface area contributed by atoms with E-state index in [1.807, 2.05) is 30.3 Å². The first-order valence-corrected chi connectivity index (χ1v) is 6.54. The van der Waals surface area contributed by atoms with Crippen LogP contribution in [0.4, 0.5) is 0 Å². The van der Waals surface area contributed by atoms with E-state index in [9.17, 15) is 0 Å². The minimum absolute atomic E-state index is 0.642. The van der Waals surface area contributed by atoms with E-state index in [4.69, 9.17) is 4.74 Å². The van der Waals surface area contributed by atoms with E-state index in [2.05, 4.69) is 24.3 Å². The zero-order valence-corrected chi connectivity index (χ0v) is 11.7. The first-order valence-electron chi connectivity index (χ1n) is 4.80. The van der Waals surface area contributed by atoms with Crippen molar-refractivity contribution in [3.8, 4) is 5.75 Å². The van der Waals surface area contributed by atoms with Crippen LogP contribution in [0.5, 0.6) is 5.75 Å². The van der Waals surface area contributed by atoms with E-state index in [-0.39, 0.29) is 0 Å². The Morgan fingerprint density at radius 3 is 2.47 bits per heavy atom. The first-order chi connectivity index (χ1) is 7.34. The molecule has 0 bridgehead atoms. The van der Waals surface area contributed by atoms with Gasteiger partial charge in [0.1, 0.15) is 0 Å². The predicted octanol–water partition coefficient (Wildman–Crippen LogP) is 2.06. The van der Waals surface area contributed by atoms with Crippen molar-refractivity contribution in [1.82, 2.24) is 0 Å². The number of rotatable bonds is 3. The van der Waals surface area contributed by atoms with E-state index >= 15 is 0 Å². The van der Waals surface area contributed by atoms with Crippen LogP contribution in [-0.2, 0) is 6.61 Å². The topological polar surface area (TPSA) is 9.23 Å². The molecule has 2 aromatic rings. The minimum atomic E-state index is 0.642. The average Bonchev–Trinajstić information content (AvgIpc) is 2.28. The normalized spacial score (nSPS) is 9.93. The van der Waals surface area contributed by atoms with Gasteiger partial charge in [-0.15, -0.1) is 0 Å². The van der Waals surface area contributed by atoms with Crippen molar-refractivity contribution < 1.29 is 4.74 Å². The van der Waals surface area contributed by atoms with Crippen LogP contribution in [0.2, 0.25) is 0 Å². The molecule has 0 heterocycles. The van der Waals surface area contributed by atoms with Gasteiger partial charge >= 0.3 is 105 Å². The molecular formula is C13H11BiO. The molecule has 15 heavy (non-hydrogen) atoms. The third-order valence-electron chi connectivity index (χ3n) is 2.07. The second-order valence-corrected chi connectivity index (χ2v) is 5.28. The summed E-state index contributed by atoms with van der Waals surface area (Å²) >= 11 is 1.27. The van der Waals surface area contributed by atoms with E-state index in [0.29, 0.717) is 6.61 Å². The Labute approximate surface area is 105 Å². The van der Waals surface area contributed by atoms with Gasteiger partial charge in [0.05, 0.1) is 0 Å². The van der Waals surface area contributed by atoms with Gasteiger partial charge in [0, 0.05) is 0 Å². The Bertz CT molecular complexity index is 426. The van der Waals surface area contributed by atoms with Gasteiger partial charge in [0.2, 0.25) is 0 Å². The van der Waals surface area contributed by atoms with Gasteiger partial charge in [-0.25, -0.2) is 0 Å². The van der Waals surface area contributed by atoms with Crippen LogP contribution in [0.3, 0.4) is 0 Å². The molecule has 2 heteroatoms. The molecule has 0 N–H and O–H groups in total. The molecule has 2 radical (unpaired) electrons. The monoisotopic (exact) mass is 392 g/mol. The summed E-state index contributed by atoms with van der Waals surface area (Å²) in [6.07, 6.45) is 0. The fourth-order valence-corrected chi connectivity index (χ4v) is 2.14. The van der Waals surface area contributed by atoms with Crippen LogP contribution in [0, 0.1) is 0 Å². The second-order valence-electron chi connectivity index (χ2n) is 3.27. The van der Waals surface area contributed by atoms with E-state index in [1.165, 1.54) is 33.6 Å². The van der Waals surface area contributed by atoms with Crippen LogP contribution in [0.1, 0.15) is 5.56 Å². The van der Waals surface area contributed by atoms with Gasteiger partial charge in [-0.1, -0.05) is 0 Å². The number of hydrogen-bond donors (Lipinski definition) is 0. The van der Waals surface area contributed by atoms with Crippen molar-refractivity contribution >= 4 is 28.0 Å². The third-order valence-corrected chi connectivity index (χ3v) is 3.15. The molecule has 0 atom stereocenters. The Kier molecular flexibility index (Phi) is 3.74. The van der Waals surface area contributed by atoms with E-state index < -0.39 is 0 Å². The summed E-state index contributed by atoms with van der Waals surface area (Å²) in [4.78, 5) is 0. The molecule has 0 saturated carbocycles. The van der Waals surface area contributed by atoms with E-state index in [0.717, 1.165) is 5.75 Å². The summed E-state index contributed by atoms with van der Waals surface area (Å²) in [6, 6.07) is 18.5. The zero-order valence-electron chi connectivity index (χ0n) is 8.26. The van der Waals surface area contributed by atoms with Crippen LogP contribution in [0.15, 0.2) is 54.6 Å². The SMILES string of the molecule is [Bi][c]1cccc(OCc2ccccc2)c1. The first kappa shape index (κ1) is 10.6. The zero-order chi connectivity index (χ0) is 10.5. The Morgan fingerprint density at radius 1 is 0.933 bits per heavy atom. The molecule has 74 valence electrons. The van der Waals surface area contributed by atoms with Crippen molar-refractivity contribution in [3.63, 3.8) is 0 Å². The van der Waals surface area contributed by atoms with Crippen molar-refractivity contribution in [1.29, 1.82) is 0 Å². The number of benzene rings is 2. The molecule has 0 aliphatic heterocycles. The fraction of sp³-hybridized carbons (Fsp3) is 0.0769. The standard InChI is InChI=1S/C13H11O.Bi/c1-3-7-12(8-4-1)11-14-13-9-5-2-6-10-13;/h1-5,7-10H,11H2;. The molecule has 0 spiro atoms. The van der Waals surface area contributed by atoms with E-state index in [1.54, 1.807) is 0 Å². The Morgan fingerprint density at radius 2 is 1.73 bits per heavy atom. The molecule has 0 unspecified atom stereocenters. The molecule has 2 aromatic carbocycles. The average molecular weight is 392 g/mol. The molecular weight excluding hydrogens is 381 g/mol. The summed E-state index contributed by atoms with van der Waals surface area (Å²) in [5, 5.41) is 0. The maximum absolute atomic E-state index is 5.69. The van der Waals surface area contributed by atoms with Crippen LogP contribution in [-0.4, -0.2) is 24.7 Å². The molecule has 0 aromatic heterocycles. The van der Waals surface area contributed by atoms with Crippen molar-refractivity contribution in [2.75, 3.05) is 0 Å². The molecule has 0 saturated heterocycles. The van der Waals surface area contributed by atoms with Gasteiger partial charge in [-0.2, -0.15) is 0 Å². The number of hydrogen-bond acceptors (Lipinski definition) is 1. The Balaban J connectivity index is 1.99. The van der Waals surface area contributed by atoms with Crippen LogP contribution in [0.25, 0.3) is 0 Å². The quantitative estimate of drug-likeness (QED) is 0.727. The predicted molar refractivity (Wildman–Crippen MR) is 62.6 cm³/mol. The van der Waals surface area contributed by atoms with Gasteiger partial charge in [-0.05, 0) is 0 Å². The van der Waals surface area contributed by atoms with Gasteiger partial charge < -0.3 is 0 Å². The molecule has 0 fully saturated rings.